The molecular formula is C8H12N6O2S. The molecule has 0 amide bonds. The minimum absolute atomic E-state index is 0.224. The second-order valence-electron chi connectivity index (χ2n) is 3.61. The molecule has 0 aromatic carbocycles. The predicted octanol–water partition coefficient (Wildman–Crippen LogP) is -0.732. The van der Waals surface area contributed by atoms with Crippen LogP contribution in [0.3, 0.4) is 0 Å². The maximum absolute atomic E-state index is 11.2. The van der Waals surface area contributed by atoms with E-state index < -0.39 is 10.0 Å². The second kappa shape index (κ2) is 3.93. The van der Waals surface area contributed by atoms with Crippen molar-refractivity contribution in [3.8, 4) is 0 Å². The highest BCUT2D eigenvalue weighted by Gasteiger charge is 2.22. The molecule has 2 rings (SSSR count). The van der Waals surface area contributed by atoms with Gasteiger partial charge in [0.05, 0.1) is 0 Å². The third-order valence-corrected chi connectivity index (χ3v) is 3.28. The second-order valence-corrected chi connectivity index (χ2v) is 5.06. The summed E-state index contributed by atoms with van der Waals surface area (Å²) >= 11 is 0. The molecule has 1 unspecified atom stereocenters. The minimum atomic E-state index is -3.86. The van der Waals surface area contributed by atoms with Crippen molar-refractivity contribution < 1.29 is 8.42 Å². The van der Waals surface area contributed by atoms with E-state index in [1.165, 1.54) is 4.57 Å². The molecule has 0 aliphatic rings. The van der Waals surface area contributed by atoms with E-state index >= 15 is 0 Å². The SMILES string of the molecule is CC(c1nnc(S(N)(=O)=O)n1C)n1cccn1. The van der Waals surface area contributed by atoms with Crippen molar-refractivity contribution >= 4 is 10.0 Å². The quantitative estimate of drug-likeness (QED) is 0.778. The van der Waals surface area contributed by atoms with Crippen LogP contribution in [0.4, 0.5) is 0 Å². The summed E-state index contributed by atoms with van der Waals surface area (Å²) in [5.74, 6) is 0.470. The number of sulfonamides is 1. The van der Waals surface area contributed by atoms with Gasteiger partial charge in [0.2, 0.25) is 0 Å². The highest BCUT2D eigenvalue weighted by molar-refractivity contribution is 7.89. The number of aromatic nitrogens is 5. The molecule has 2 heterocycles. The highest BCUT2D eigenvalue weighted by Crippen LogP contribution is 2.15. The van der Waals surface area contributed by atoms with Crippen molar-refractivity contribution in [1.29, 1.82) is 0 Å². The molecule has 8 nitrogen and oxygen atoms in total. The summed E-state index contributed by atoms with van der Waals surface area (Å²) in [5.41, 5.74) is 0. The van der Waals surface area contributed by atoms with Crippen LogP contribution < -0.4 is 5.14 Å². The van der Waals surface area contributed by atoms with Crippen molar-refractivity contribution in [3.05, 3.63) is 24.3 Å². The number of nitrogens with two attached hydrogens (primary N) is 1. The van der Waals surface area contributed by atoms with E-state index in [-0.39, 0.29) is 11.2 Å². The molecule has 0 aliphatic heterocycles. The summed E-state index contributed by atoms with van der Waals surface area (Å²) in [7, 11) is -2.30. The summed E-state index contributed by atoms with van der Waals surface area (Å²) in [5, 5.41) is 16.2. The Kier molecular flexibility index (Phi) is 2.71. The summed E-state index contributed by atoms with van der Waals surface area (Å²) in [6, 6.07) is 1.55. The molecule has 1 atom stereocenters. The molecule has 2 aromatic rings. The molecule has 17 heavy (non-hydrogen) atoms. The van der Waals surface area contributed by atoms with Crippen molar-refractivity contribution in [2.45, 2.75) is 18.1 Å². The Balaban J connectivity index is 2.45. The first-order chi connectivity index (χ1) is 7.91. The van der Waals surface area contributed by atoms with Crippen LogP contribution in [-0.2, 0) is 17.1 Å². The number of hydrogen-bond acceptors (Lipinski definition) is 5. The van der Waals surface area contributed by atoms with Gasteiger partial charge in [0.25, 0.3) is 15.2 Å². The van der Waals surface area contributed by atoms with Crippen LogP contribution in [-0.4, -0.2) is 33.0 Å². The van der Waals surface area contributed by atoms with Gasteiger partial charge in [-0.15, -0.1) is 10.2 Å². The Morgan fingerprint density at radius 3 is 2.59 bits per heavy atom. The van der Waals surface area contributed by atoms with E-state index in [1.54, 1.807) is 30.2 Å². The first-order valence-electron chi connectivity index (χ1n) is 4.82. The van der Waals surface area contributed by atoms with Gasteiger partial charge in [0, 0.05) is 19.4 Å². The topological polar surface area (TPSA) is 109 Å². The molecule has 0 bridgehead atoms. The average Bonchev–Trinajstić information content (AvgIpc) is 2.83. The Hall–Kier alpha value is -1.74. The molecule has 0 saturated carbocycles. The lowest BCUT2D eigenvalue weighted by atomic mass is 10.3. The van der Waals surface area contributed by atoms with Gasteiger partial charge >= 0.3 is 0 Å². The summed E-state index contributed by atoms with van der Waals surface area (Å²) in [6.45, 7) is 1.84. The van der Waals surface area contributed by atoms with Crippen molar-refractivity contribution in [2.75, 3.05) is 0 Å². The summed E-state index contributed by atoms with van der Waals surface area (Å²) in [4.78, 5) is 0. The molecule has 0 spiro atoms. The molecule has 92 valence electrons. The van der Waals surface area contributed by atoms with Crippen LogP contribution in [0.25, 0.3) is 0 Å². The van der Waals surface area contributed by atoms with E-state index in [9.17, 15) is 8.42 Å². The fourth-order valence-electron chi connectivity index (χ4n) is 1.57. The predicted molar refractivity (Wildman–Crippen MR) is 58.4 cm³/mol. The lowest BCUT2D eigenvalue weighted by Crippen LogP contribution is -2.19. The molecule has 0 radical (unpaired) electrons. The third-order valence-electron chi connectivity index (χ3n) is 2.42. The first-order valence-corrected chi connectivity index (χ1v) is 6.37. The van der Waals surface area contributed by atoms with Gasteiger partial charge in [-0.3, -0.25) is 4.68 Å². The van der Waals surface area contributed by atoms with Crippen LogP contribution in [0, 0.1) is 0 Å². The molecule has 2 aromatic heterocycles. The van der Waals surface area contributed by atoms with Crippen LogP contribution >= 0.6 is 0 Å². The van der Waals surface area contributed by atoms with Gasteiger partial charge < -0.3 is 4.57 Å². The Labute approximate surface area is 98.1 Å². The molecule has 0 saturated heterocycles. The molecule has 2 N–H and O–H groups in total. The van der Waals surface area contributed by atoms with E-state index in [1.807, 2.05) is 6.92 Å². The number of rotatable bonds is 3. The normalized spacial score (nSPS) is 13.8. The van der Waals surface area contributed by atoms with Crippen molar-refractivity contribution in [1.82, 2.24) is 24.5 Å². The van der Waals surface area contributed by atoms with E-state index in [4.69, 9.17) is 5.14 Å². The van der Waals surface area contributed by atoms with Crippen molar-refractivity contribution in [2.24, 2.45) is 12.2 Å². The zero-order valence-electron chi connectivity index (χ0n) is 9.35. The average molecular weight is 256 g/mol. The smallest absolute Gasteiger partial charge is 0.273 e. The van der Waals surface area contributed by atoms with Gasteiger partial charge in [-0.25, -0.2) is 13.6 Å². The highest BCUT2D eigenvalue weighted by atomic mass is 32.2. The fraction of sp³-hybridized carbons (Fsp3) is 0.375. The largest absolute Gasteiger partial charge is 0.302 e. The zero-order chi connectivity index (χ0) is 12.6. The fourth-order valence-corrected chi connectivity index (χ4v) is 2.20. The van der Waals surface area contributed by atoms with E-state index in [0.717, 1.165) is 0 Å². The summed E-state index contributed by atoms with van der Waals surface area (Å²) in [6.07, 6.45) is 3.39. The molecule has 0 aliphatic carbocycles. The van der Waals surface area contributed by atoms with Gasteiger partial charge in [-0.05, 0) is 13.0 Å². The van der Waals surface area contributed by atoms with Crippen LogP contribution in [0.1, 0.15) is 18.8 Å². The molecule has 9 heteroatoms. The summed E-state index contributed by atoms with van der Waals surface area (Å²) < 4.78 is 25.4. The van der Waals surface area contributed by atoms with E-state index in [2.05, 4.69) is 15.3 Å². The number of nitrogens with zero attached hydrogens (tertiary/aromatic N) is 5. The van der Waals surface area contributed by atoms with Gasteiger partial charge in [-0.2, -0.15) is 5.10 Å². The van der Waals surface area contributed by atoms with Crippen molar-refractivity contribution in [3.63, 3.8) is 0 Å². The Bertz CT molecular complexity index is 614. The lowest BCUT2D eigenvalue weighted by molar-refractivity contribution is 0.511. The van der Waals surface area contributed by atoms with E-state index in [0.29, 0.717) is 5.82 Å². The lowest BCUT2D eigenvalue weighted by Gasteiger charge is -2.11. The Morgan fingerprint density at radius 1 is 1.41 bits per heavy atom. The molecule has 0 fully saturated rings. The maximum atomic E-state index is 11.2. The monoisotopic (exact) mass is 256 g/mol. The van der Waals surface area contributed by atoms with Gasteiger partial charge in [0.15, 0.2) is 5.82 Å². The zero-order valence-corrected chi connectivity index (χ0v) is 10.2. The number of primary sulfonamides is 1. The van der Waals surface area contributed by atoms with Crippen LogP contribution in [0.2, 0.25) is 0 Å². The third kappa shape index (κ3) is 2.06. The standard InChI is InChI=1S/C8H12N6O2S/c1-6(14-5-3-4-10-14)7-11-12-8(13(7)2)17(9,15)16/h3-6H,1-2H3,(H2,9,15,16). The van der Waals surface area contributed by atoms with Gasteiger partial charge in [0.1, 0.15) is 6.04 Å². The molecular weight excluding hydrogens is 244 g/mol. The first kappa shape index (κ1) is 11.7. The van der Waals surface area contributed by atoms with Crippen LogP contribution in [0.15, 0.2) is 23.6 Å². The number of hydrogen-bond donors (Lipinski definition) is 1. The minimum Gasteiger partial charge on any atom is -0.302 e. The Morgan fingerprint density at radius 2 is 2.12 bits per heavy atom. The van der Waals surface area contributed by atoms with Crippen LogP contribution in [0.5, 0.6) is 0 Å². The van der Waals surface area contributed by atoms with Gasteiger partial charge in [-0.1, -0.05) is 0 Å². The maximum Gasteiger partial charge on any atom is 0.273 e.